The van der Waals surface area contributed by atoms with Gasteiger partial charge in [0, 0.05) is 15.1 Å². The van der Waals surface area contributed by atoms with Gasteiger partial charge in [-0.05, 0) is 42.8 Å². The molecule has 0 spiro atoms. The van der Waals surface area contributed by atoms with Crippen LogP contribution in [-0.4, -0.2) is 24.1 Å². The van der Waals surface area contributed by atoms with Crippen LogP contribution in [0.2, 0.25) is 0 Å². The number of hydrogen-bond donors (Lipinski definition) is 2. The van der Waals surface area contributed by atoms with E-state index in [-0.39, 0.29) is 24.1 Å². The summed E-state index contributed by atoms with van der Waals surface area (Å²) in [6.45, 7) is 1.87. The average Bonchev–Trinajstić information content (AvgIpc) is 2.54. The number of aryl methyl sites for hydroxylation is 1. The zero-order valence-corrected chi connectivity index (χ0v) is 15.0. The van der Waals surface area contributed by atoms with Crippen LogP contribution in [0.1, 0.15) is 5.56 Å². The number of rotatable bonds is 6. The Balaban J connectivity index is 1.74. The number of carbonyl (C=O) groups excluding carboxylic acids is 2. The highest BCUT2D eigenvalue weighted by atomic mass is 79.9. The molecule has 2 N–H and O–H groups in total. The Kier molecular flexibility index (Phi) is 6.67. The molecule has 0 heterocycles. The first-order chi connectivity index (χ1) is 11.0. The molecule has 0 radical (unpaired) electrons. The highest BCUT2D eigenvalue weighted by Gasteiger charge is 2.08. The highest BCUT2D eigenvalue weighted by Crippen LogP contribution is 2.20. The van der Waals surface area contributed by atoms with Crippen molar-refractivity contribution in [2.24, 2.45) is 0 Å². The number of thioether (sulfide) groups is 1. The summed E-state index contributed by atoms with van der Waals surface area (Å²) in [4.78, 5) is 24.7. The molecular formula is C17H17BrN2O2S. The molecule has 2 amide bonds. The molecule has 4 nitrogen and oxygen atoms in total. The van der Waals surface area contributed by atoms with E-state index in [9.17, 15) is 9.59 Å². The second-order valence-electron chi connectivity index (χ2n) is 4.89. The van der Waals surface area contributed by atoms with E-state index < -0.39 is 0 Å². The first kappa shape index (κ1) is 17.6. The van der Waals surface area contributed by atoms with E-state index in [1.807, 2.05) is 55.5 Å². The van der Waals surface area contributed by atoms with Gasteiger partial charge in [0.05, 0.1) is 12.3 Å². The van der Waals surface area contributed by atoms with E-state index in [0.29, 0.717) is 0 Å². The van der Waals surface area contributed by atoms with E-state index in [1.54, 1.807) is 0 Å². The number of carbonyl (C=O) groups is 2. The van der Waals surface area contributed by atoms with E-state index in [2.05, 4.69) is 26.6 Å². The summed E-state index contributed by atoms with van der Waals surface area (Å²) in [6.07, 6.45) is 0. The Bertz CT molecular complexity index is 692. The summed E-state index contributed by atoms with van der Waals surface area (Å²) in [6, 6.07) is 15.3. The molecule has 2 aromatic rings. The van der Waals surface area contributed by atoms with Gasteiger partial charge < -0.3 is 10.6 Å². The average molecular weight is 393 g/mol. The minimum Gasteiger partial charge on any atom is -0.346 e. The third kappa shape index (κ3) is 6.08. The third-order valence-corrected chi connectivity index (χ3v) is 4.53. The van der Waals surface area contributed by atoms with E-state index in [0.717, 1.165) is 20.6 Å². The van der Waals surface area contributed by atoms with Crippen molar-refractivity contribution in [1.82, 2.24) is 5.32 Å². The molecular weight excluding hydrogens is 376 g/mol. The number of nitrogens with one attached hydrogen (secondary N) is 2. The summed E-state index contributed by atoms with van der Waals surface area (Å²) in [7, 11) is 0. The summed E-state index contributed by atoms with van der Waals surface area (Å²) in [5.74, 6) is -0.121. The van der Waals surface area contributed by atoms with Crippen molar-refractivity contribution in [2.45, 2.75) is 11.8 Å². The Morgan fingerprint density at radius 2 is 1.83 bits per heavy atom. The molecule has 0 saturated heterocycles. The fourth-order valence-electron chi connectivity index (χ4n) is 1.86. The topological polar surface area (TPSA) is 58.2 Å². The fourth-order valence-corrected chi connectivity index (χ4v) is 3.08. The Morgan fingerprint density at radius 1 is 1.09 bits per heavy atom. The number of anilines is 1. The molecule has 0 aliphatic heterocycles. The molecule has 23 heavy (non-hydrogen) atoms. The van der Waals surface area contributed by atoms with Crippen LogP contribution in [0.5, 0.6) is 0 Å². The third-order valence-electron chi connectivity index (χ3n) is 3.02. The number of benzene rings is 2. The van der Waals surface area contributed by atoms with Gasteiger partial charge in [-0.1, -0.05) is 34.1 Å². The zero-order chi connectivity index (χ0) is 16.7. The van der Waals surface area contributed by atoms with Gasteiger partial charge in [0.15, 0.2) is 0 Å². The van der Waals surface area contributed by atoms with Crippen LogP contribution >= 0.6 is 27.7 Å². The summed E-state index contributed by atoms with van der Waals surface area (Å²) >= 11 is 4.82. The summed E-state index contributed by atoms with van der Waals surface area (Å²) in [5.41, 5.74) is 1.70. The maximum atomic E-state index is 11.9. The molecule has 0 aliphatic rings. The van der Waals surface area contributed by atoms with E-state index >= 15 is 0 Å². The van der Waals surface area contributed by atoms with E-state index in [1.165, 1.54) is 11.8 Å². The summed E-state index contributed by atoms with van der Waals surface area (Å²) < 4.78 is 0.958. The van der Waals surface area contributed by atoms with Crippen molar-refractivity contribution >= 4 is 45.2 Å². The highest BCUT2D eigenvalue weighted by molar-refractivity contribution is 9.10. The standard InChI is InChI=1S/C17H17BrN2O2S/c1-12-9-13(18)7-8-15(12)20-16(21)10-19-17(22)11-23-14-5-3-2-4-6-14/h2-9H,10-11H2,1H3,(H,19,22)(H,20,21). The van der Waals surface area contributed by atoms with Gasteiger partial charge >= 0.3 is 0 Å². The number of hydrogen-bond acceptors (Lipinski definition) is 3. The lowest BCUT2D eigenvalue weighted by atomic mass is 10.2. The van der Waals surface area contributed by atoms with Crippen LogP contribution in [0.15, 0.2) is 57.9 Å². The Labute approximate surface area is 148 Å². The second kappa shape index (κ2) is 8.74. The smallest absolute Gasteiger partial charge is 0.243 e. The van der Waals surface area contributed by atoms with Crippen LogP contribution in [0.4, 0.5) is 5.69 Å². The molecule has 0 bridgehead atoms. The van der Waals surface area contributed by atoms with Crippen LogP contribution in [0.3, 0.4) is 0 Å². The molecule has 2 rings (SSSR count). The van der Waals surface area contributed by atoms with Gasteiger partial charge in [0.1, 0.15) is 0 Å². The first-order valence-electron chi connectivity index (χ1n) is 7.05. The molecule has 0 atom stereocenters. The van der Waals surface area contributed by atoms with Gasteiger partial charge in [-0.25, -0.2) is 0 Å². The maximum absolute atomic E-state index is 11.9. The SMILES string of the molecule is Cc1cc(Br)ccc1NC(=O)CNC(=O)CSc1ccccc1. The lowest BCUT2D eigenvalue weighted by molar-refractivity contribution is -0.122. The number of halogens is 1. The second-order valence-corrected chi connectivity index (χ2v) is 6.85. The molecule has 2 aromatic carbocycles. The van der Waals surface area contributed by atoms with Crippen LogP contribution in [0.25, 0.3) is 0 Å². The lowest BCUT2D eigenvalue weighted by Gasteiger charge is -2.09. The maximum Gasteiger partial charge on any atom is 0.243 e. The van der Waals surface area contributed by atoms with Gasteiger partial charge in [-0.2, -0.15) is 0 Å². The van der Waals surface area contributed by atoms with Crippen molar-refractivity contribution in [3.8, 4) is 0 Å². The minimum absolute atomic E-state index is 0.0380. The predicted molar refractivity (Wildman–Crippen MR) is 97.7 cm³/mol. The Hall–Kier alpha value is -1.79. The van der Waals surface area contributed by atoms with Crippen molar-refractivity contribution in [3.63, 3.8) is 0 Å². The van der Waals surface area contributed by atoms with Crippen molar-refractivity contribution < 1.29 is 9.59 Å². The Morgan fingerprint density at radius 3 is 2.52 bits per heavy atom. The van der Waals surface area contributed by atoms with Gasteiger partial charge in [-0.3, -0.25) is 9.59 Å². The van der Waals surface area contributed by atoms with Crippen molar-refractivity contribution in [1.29, 1.82) is 0 Å². The molecule has 0 fully saturated rings. The predicted octanol–water partition coefficient (Wildman–Crippen LogP) is 3.60. The molecule has 120 valence electrons. The first-order valence-corrected chi connectivity index (χ1v) is 8.83. The van der Waals surface area contributed by atoms with Gasteiger partial charge in [0.2, 0.25) is 11.8 Å². The molecule has 0 unspecified atom stereocenters. The lowest BCUT2D eigenvalue weighted by Crippen LogP contribution is -2.34. The quantitative estimate of drug-likeness (QED) is 0.738. The minimum atomic E-state index is -0.242. The molecule has 0 aliphatic carbocycles. The van der Waals surface area contributed by atoms with Gasteiger partial charge in [-0.15, -0.1) is 11.8 Å². The van der Waals surface area contributed by atoms with Crippen LogP contribution in [0, 0.1) is 6.92 Å². The van der Waals surface area contributed by atoms with Crippen molar-refractivity contribution in [3.05, 3.63) is 58.6 Å². The molecule has 0 saturated carbocycles. The van der Waals surface area contributed by atoms with Crippen LogP contribution in [-0.2, 0) is 9.59 Å². The van der Waals surface area contributed by atoms with E-state index in [4.69, 9.17) is 0 Å². The number of amides is 2. The van der Waals surface area contributed by atoms with Gasteiger partial charge in [0.25, 0.3) is 0 Å². The largest absolute Gasteiger partial charge is 0.346 e. The van der Waals surface area contributed by atoms with Crippen LogP contribution < -0.4 is 10.6 Å². The molecule has 6 heteroatoms. The fraction of sp³-hybridized carbons (Fsp3) is 0.176. The summed E-state index contributed by atoms with van der Waals surface area (Å²) in [5, 5.41) is 5.41. The monoisotopic (exact) mass is 392 g/mol. The molecule has 0 aromatic heterocycles. The van der Waals surface area contributed by atoms with Crippen molar-refractivity contribution in [2.75, 3.05) is 17.6 Å². The normalized spacial score (nSPS) is 10.2. The zero-order valence-electron chi connectivity index (χ0n) is 12.6.